The molecular formula is C8H5BrClN3. The van der Waals surface area contributed by atoms with Crippen molar-refractivity contribution in [1.29, 1.82) is 0 Å². The molecule has 2 aromatic rings. The lowest BCUT2D eigenvalue weighted by Gasteiger charge is -2.01. The summed E-state index contributed by atoms with van der Waals surface area (Å²) in [7, 11) is 0. The highest BCUT2D eigenvalue weighted by atomic mass is 79.9. The van der Waals surface area contributed by atoms with E-state index < -0.39 is 0 Å². The number of nitrogen functional groups attached to an aromatic ring is 1. The number of aromatic nitrogens is 2. The van der Waals surface area contributed by atoms with E-state index in [2.05, 4.69) is 25.9 Å². The lowest BCUT2D eigenvalue weighted by atomic mass is 10.2. The van der Waals surface area contributed by atoms with E-state index in [4.69, 9.17) is 17.3 Å². The van der Waals surface area contributed by atoms with Crippen LogP contribution in [0.1, 0.15) is 0 Å². The van der Waals surface area contributed by atoms with Crippen LogP contribution in [-0.4, -0.2) is 9.97 Å². The van der Waals surface area contributed by atoms with Crippen molar-refractivity contribution in [1.82, 2.24) is 9.97 Å². The lowest BCUT2D eigenvalue weighted by Crippen LogP contribution is -1.95. The minimum absolute atomic E-state index is 0.185. The number of nitrogens with zero attached hydrogens (tertiary/aromatic N) is 2. The van der Waals surface area contributed by atoms with Gasteiger partial charge in [0.25, 0.3) is 0 Å². The summed E-state index contributed by atoms with van der Waals surface area (Å²) in [6, 6.07) is 5.60. The summed E-state index contributed by atoms with van der Waals surface area (Å²) < 4.78 is 0.862. The highest BCUT2D eigenvalue weighted by molar-refractivity contribution is 9.10. The van der Waals surface area contributed by atoms with Crippen LogP contribution in [0, 0.1) is 0 Å². The molecule has 0 fully saturated rings. The molecule has 1 heterocycles. The van der Waals surface area contributed by atoms with Crippen molar-refractivity contribution in [2.75, 3.05) is 5.73 Å². The fraction of sp³-hybridized carbons (Fsp3) is 0. The molecule has 0 amide bonds. The number of anilines is 1. The van der Waals surface area contributed by atoms with E-state index in [-0.39, 0.29) is 5.95 Å². The quantitative estimate of drug-likeness (QED) is 0.739. The number of hydrogen-bond acceptors (Lipinski definition) is 3. The molecule has 0 radical (unpaired) electrons. The van der Waals surface area contributed by atoms with E-state index in [1.54, 1.807) is 0 Å². The predicted octanol–water partition coefficient (Wildman–Crippen LogP) is 2.63. The Morgan fingerprint density at radius 1 is 1.31 bits per heavy atom. The van der Waals surface area contributed by atoms with Crippen molar-refractivity contribution in [3.63, 3.8) is 0 Å². The SMILES string of the molecule is Nc1nc(Cl)c2cccc(Br)c2n1. The van der Waals surface area contributed by atoms with Crippen molar-refractivity contribution < 1.29 is 0 Å². The van der Waals surface area contributed by atoms with Crippen molar-refractivity contribution in [2.24, 2.45) is 0 Å². The predicted molar refractivity (Wildman–Crippen MR) is 56.7 cm³/mol. The largest absolute Gasteiger partial charge is 0.368 e. The molecule has 13 heavy (non-hydrogen) atoms. The van der Waals surface area contributed by atoms with Gasteiger partial charge < -0.3 is 5.73 Å². The van der Waals surface area contributed by atoms with Crippen molar-refractivity contribution in [3.05, 3.63) is 27.8 Å². The summed E-state index contributed by atoms with van der Waals surface area (Å²) in [5.41, 5.74) is 6.20. The second-order valence-electron chi connectivity index (χ2n) is 2.51. The van der Waals surface area contributed by atoms with Gasteiger partial charge in [-0.25, -0.2) is 9.97 Å². The Balaban J connectivity index is 2.94. The van der Waals surface area contributed by atoms with Gasteiger partial charge in [-0.2, -0.15) is 0 Å². The lowest BCUT2D eigenvalue weighted by molar-refractivity contribution is 1.23. The molecule has 0 saturated carbocycles. The highest BCUT2D eigenvalue weighted by Gasteiger charge is 2.05. The Kier molecular flexibility index (Phi) is 2.09. The molecular weight excluding hydrogens is 253 g/mol. The first-order valence-corrected chi connectivity index (χ1v) is 4.73. The standard InChI is InChI=1S/C8H5BrClN3/c9-5-3-1-2-4-6(5)12-8(11)13-7(4)10/h1-3H,(H2,11,12,13). The smallest absolute Gasteiger partial charge is 0.222 e. The number of fused-ring (bicyclic) bond motifs is 1. The van der Waals surface area contributed by atoms with Crippen molar-refractivity contribution in [3.8, 4) is 0 Å². The maximum absolute atomic E-state index is 5.88. The third-order valence-corrected chi connectivity index (χ3v) is 2.58. The second kappa shape index (κ2) is 3.12. The van der Waals surface area contributed by atoms with Crippen LogP contribution in [0.5, 0.6) is 0 Å². The molecule has 0 saturated heterocycles. The summed E-state index contributed by atoms with van der Waals surface area (Å²) in [4.78, 5) is 7.93. The number of benzene rings is 1. The summed E-state index contributed by atoms with van der Waals surface area (Å²) in [5.74, 6) is 0.185. The Labute approximate surface area is 88.1 Å². The van der Waals surface area contributed by atoms with Crippen LogP contribution in [0.3, 0.4) is 0 Å². The summed E-state index contributed by atoms with van der Waals surface area (Å²) in [6.45, 7) is 0. The summed E-state index contributed by atoms with van der Waals surface area (Å²) in [5, 5.41) is 1.18. The number of halogens is 2. The molecule has 0 unspecified atom stereocenters. The molecule has 1 aromatic heterocycles. The van der Waals surface area contributed by atoms with Gasteiger partial charge in [-0.15, -0.1) is 0 Å². The number of para-hydroxylation sites is 1. The van der Waals surface area contributed by atoms with E-state index in [1.165, 1.54) is 0 Å². The molecule has 5 heteroatoms. The van der Waals surface area contributed by atoms with E-state index in [0.29, 0.717) is 5.15 Å². The molecule has 66 valence electrons. The fourth-order valence-corrected chi connectivity index (χ4v) is 1.79. The van der Waals surface area contributed by atoms with Gasteiger partial charge in [-0.05, 0) is 28.1 Å². The van der Waals surface area contributed by atoms with E-state index in [1.807, 2.05) is 18.2 Å². The monoisotopic (exact) mass is 257 g/mol. The molecule has 3 nitrogen and oxygen atoms in total. The summed E-state index contributed by atoms with van der Waals surface area (Å²) >= 11 is 9.24. The Hall–Kier alpha value is -0.870. The van der Waals surface area contributed by atoms with Crippen LogP contribution in [0.4, 0.5) is 5.95 Å². The van der Waals surface area contributed by atoms with Gasteiger partial charge in [-0.1, -0.05) is 17.7 Å². The minimum Gasteiger partial charge on any atom is -0.368 e. The Bertz CT molecular complexity index is 472. The first kappa shape index (κ1) is 8.72. The van der Waals surface area contributed by atoms with E-state index >= 15 is 0 Å². The molecule has 0 aliphatic carbocycles. The highest BCUT2D eigenvalue weighted by Crippen LogP contribution is 2.26. The number of hydrogen-bond donors (Lipinski definition) is 1. The van der Waals surface area contributed by atoms with Gasteiger partial charge in [0.15, 0.2) is 0 Å². The van der Waals surface area contributed by atoms with Crippen LogP contribution in [0.2, 0.25) is 5.15 Å². The fourth-order valence-electron chi connectivity index (χ4n) is 1.10. The van der Waals surface area contributed by atoms with Crippen molar-refractivity contribution in [2.45, 2.75) is 0 Å². The molecule has 2 N–H and O–H groups in total. The third kappa shape index (κ3) is 1.47. The zero-order valence-electron chi connectivity index (χ0n) is 6.46. The first-order chi connectivity index (χ1) is 6.18. The van der Waals surface area contributed by atoms with Gasteiger partial charge in [-0.3, -0.25) is 0 Å². The molecule has 0 bridgehead atoms. The van der Waals surface area contributed by atoms with E-state index in [9.17, 15) is 0 Å². The molecule has 2 rings (SSSR count). The van der Waals surface area contributed by atoms with E-state index in [0.717, 1.165) is 15.4 Å². The van der Waals surface area contributed by atoms with Gasteiger partial charge in [0.1, 0.15) is 5.15 Å². The normalized spacial score (nSPS) is 10.6. The van der Waals surface area contributed by atoms with Gasteiger partial charge >= 0.3 is 0 Å². The van der Waals surface area contributed by atoms with Crippen LogP contribution < -0.4 is 5.73 Å². The second-order valence-corrected chi connectivity index (χ2v) is 3.72. The summed E-state index contributed by atoms with van der Waals surface area (Å²) in [6.07, 6.45) is 0. The molecule has 0 atom stereocenters. The van der Waals surface area contributed by atoms with Gasteiger partial charge in [0, 0.05) is 9.86 Å². The minimum atomic E-state index is 0.185. The molecule has 0 spiro atoms. The zero-order chi connectivity index (χ0) is 9.42. The number of rotatable bonds is 0. The maximum Gasteiger partial charge on any atom is 0.222 e. The zero-order valence-corrected chi connectivity index (χ0v) is 8.80. The third-order valence-electron chi connectivity index (χ3n) is 1.65. The number of nitrogens with two attached hydrogens (primary N) is 1. The first-order valence-electron chi connectivity index (χ1n) is 3.56. The average Bonchev–Trinajstić information content (AvgIpc) is 2.07. The Morgan fingerprint density at radius 2 is 2.08 bits per heavy atom. The Morgan fingerprint density at radius 3 is 2.85 bits per heavy atom. The van der Waals surface area contributed by atoms with Crippen molar-refractivity contribution >= 4 is 44.4 Å². The molecule has 1 aromatic carbocycles. The average molecular weight is 259 g/mol. The van der Waals surface area contributed by atoms with Crippen LogP contribution in [0.25, 0.3) is 10.9 Å². The van der Waals surface area contributed by atoms with Crippen LogP contribution in [0.15, 0.2) is 22.7 Å². The van der Waals surface area contributed by atoms with Gasteiger partial charge in [0.05, 0.1) is 5.52 Å². The van der Waals surface area contributed by atoms with Gasteiger partial charge in [0.2, 0.25) is 5.95 Å². The van der Waals surface area contributed by atoms with Crippen LogP contribution in [-0.2, 0) is 0 Å². The molecule has 0 aliphatic rings. The molecule has 0 aliphatic heterocycles. The topological polar surface area (TPSA) is 51.8 Å². The maximum atomic E-state index is 5.88. The van der Waals surface area contributed by atoms with Crippen LogP contribution >= 0.6 is 27.5 Å².